The average molecular weight is 158 g/mol. The van der Waals surface area contributed by atoms with Crippen LogP contribution in [0.15, 0.2) is 0 Å². The van der Waals surface area contributed by atoms with Gasteiger partial charge in [-0.05, 0) is 19.3 Å². The lowest BCUT2D eigenvalue weighted by molar-refractivity contribution is 0.156. The van der Waals surface area contributed by atoms with E-state index in [1.54, 1.807) is 0 Å². The molecular formula is C9H22N2. The Bertz CT molecular complexity index is 103. The Morgan fingerprint density at radius 1 is 1.27 bits per heavy atom. The van der Waals surface area contributed by atoms with Crippen LogP contribution in [0.3, 0.4) is 0 Å². The van der Waals surface area contributed by atoms with Crippen LogP contribution in [-0.4, -0.2) is 24.6 Å². The van der Waals surface area contributed by atoms with Crippen LogP contribution in [0.25, 0.3) is 0 Å². The van der Waals surface area contributed by atoms with Crippen molar-refractivity contribution >= 4 is 0 Å². The van der Waals surface area contributed by atoms with Gasteiger partial charge < -0.3 is 0 Å². The Morgan fingerprint density at radius 2 is 1.73 bits per heavy atom. The molecule has 0 spiro atoms. The van der Waals surface area contributed by atoms with Crippen LogP contribution in [-0.2, 0) is 0 Å². The van der Waals surface area contributed by atoms with E-state index >= 15 is 0 Å². The summed E-state index contributed by atoms with van der Waals surface area (Å²) in [6.45, 7) is 12.1. The minimum absolute atomic E-state index is 0.364. The smallest absolute Gasteiger partial charge is 0.0183 e. The topological polar surface area (TPSA) is 15.3 Å². The van der Waals surface area contributed by atoms with Crippen molar-refractivity contribution in [1.82, 2.24) is 10.4 Å². The molecule has 0 aliphatic heterocycles. The van der Waals surface area contributed by atoms with E-state index in [-0.39, 0.29) is 0 Å². The Morgan fingerprint density at radius 3 is 2.00 bits per heavy atom. The van der Waals surface area contributed by atoms with Gasteiger partial charge in [-0.1, -0.05) is 20.8 Å². The van der Waals surface area contributed by atoms with Gasteiger partial charge in [-0.3, -0.25) is 5.43 Å². The van der Waals surface area contributed by atoms with Gasteiger partial charge in [-0.25, -0.2) is 5.01 Å². The Kier molecular flexibility index (Phi) is 4.04. The first-order valence-electron chi connectivity index (χ1n) is 4.29. The van der Waals surface area contributed by atoms with Crippen molar-refractivity contribution in [2.45, 2.75) is 40.7 Å². The molecule has 0 aliphatic rings. The van der Waals surface area contributed by atoms with Crippen LogP contribution in [0.5, 0.6) is 0 Å². The Balaban J connectivity index is 3.54. The van der Waals surface area contributed by atoms with Gasteiger partial charge in [0.25, 0.3) is 0 Å². The molecule has 2 heteroatoms. The number of rotatable bonds is 3. The zero-order valence-electron chi connectivity index (χ0n) is 8.73. The fourth-order valence-corrected chi connectivity index (χ4v) is 0.544. The highest BCUT2D eigenvalue weighted by Crippen LogP contribution is 2.10. The lowest BCUT2D eigenvalue weighted by atomic mass is 9.97. The van der Waals surface area contributed by atoms with E-state index in [2.05, 4.69) is 52.1 Å². The van der Waals surface area contributed by atoms with E-state index in [0.717, 1.165) is 6.54 Å². The molecule has 0 amide bonds. The van der Waals surface area contributed by atoms with Crippen LogP contribution < -0.4 is 5.43 Å². The molecule has 0 aromatic rings. The third-order valence-electron chi connectivity index (χ3n) is 1.63. The fourth-order valence-electron chi connectivity index (χ4n) is 0.544. The molecule has 2 nitrogen and oxygen atoms in total. The first-order chi connectivity index (χ1) is 4.83. The highest BCUT2D eigenvalue weighted by molar-refractivity contribution is 4.64. The zero-order valence-corrected chi connectivity index (χ0v) is 8.73. The maximum atomic E-state index is 3.36. The van der Waals surface area contributed by atoms with E-state index in [4.69, 9.17) is 0 Å². The predicted molar refractivity (Wildman–Crippen MR) is 50.4 cm³/mol. The normalized spacial score (nSPS) is 13.1. The molecule has 0 atom stereocenters. The molecule has 0 aliphatic carbocycles. The molecule has 1 N–H and O–H groups in total. The quantitative estimate of drug-likeness (QED) is 0.631. The highest BCUT2D eigenvalue weighted by atomic mass is 15.5. The molecule has 0 unspecified atom stereocenters. The van der Waals surface area contributed by atoms with Crippen molar-refractivity contribution < 1.29 is 0 Å². The van der Waals surface area contributed by atoms with Gasteiger partial charge in [-0.2, -0.15) is 0 Å². The van der Waals surface area contributed by atoms with Gasteiger partial charge in [0.15, 0.2) is 0 Å². The summed E-state index contributed by atoms with van der Waals surface area (Å²) < 4.78 is 0. The number of hydrogen-bond donors (Lipinski definition) is 1. The van der Waals surface area contributed by atoms with E-state index in [0.29, 0.717) is 11.5 Å². The SMILES string of the molecule is CC(C)N(C)NCC(C)(C)C. The van der Waals surface area contributed by atoms with Crippen LogP contribution in [0, 0.1) is 5.41 Å². The van der Waals surface area contributed by atoms with Crippen molar-refractivity contribution in [1.29, 1.82) is 0 Å². The summed E-state index contributed by atoms with van der Waals surface area (Å²) in [5, 5.41) is 2.14. The molecule has 0 aromatic heterocycles. The molecule has 0 fully saturated rings. The first-order valence-corrected chi connectivity index (χ1v) is 4.29. The third kappa shape index (κ3) is 6.32. The van der Waals surface area contributed by atoms with Crippen LogP contribution >= 0.6 is 0 Å². The molecule has 68 valence electrons. The van der Waals surface area contributed by atoms with Gasteiger partial charge in [-0.15, -0.1) is 0 Å². The summed E-state index contributed by atoms with van der Waals surface area (Å²) in [4.78, 5) is 0. The van der Waals surface area contributed by atoms with Crippen molar-refractivity contribution in [2.24, 2.45) is 5.41 Å². The second-order valence-corrected chi connectivity index (χ2v) is 4.60. The summed E-state index contributed by atoms with van der Waals surface area (Å²) in [7, 11) is 2.08. The first kappa shape index (κ1) is 10.9. The molecule has 0 aromatic carbocycles. The number of nitrogens with zero attached hydrogens (tertiary/aromatic N) is 1. The third-order valence-corrected chi connectivity index (χ3v) is 1.63. The zero-order chi connectivity index (χ0) is 9.07. The highest BCUT2D eigenvalue weighted by Gasteiger charge is 2.11. The van der Waals surface area contributed by atoms with E-state index < -0.39 is 0 Å². The second kappa shape index (κ2) is 4.07. The summed E-state index contributed by atoms with van der Waals surface area (Å²) >= 11 is 0. The second-order valence-electron chi connectivity index (χ2n) is 4.60. The molecule has 0 heterocycles. The van der Waals surface area contributed by atoms with Crippen molar-refractivity contribution in [3.05, 3.63) is 0 Å². The Labute approximate surface area is 70.9 Å². The monoisotopic (exact) mass is 158 g/mol. The van der Waals surface area contributed by atoms with E-state index in [1.165, 1.54) is 0 Å². The number of hydrogen-bond acceptors (Lipinski definition) is 2. The maximum Gasteiger partial charge on any atom is 0.0183 e. The number of hydrazine groups is 1. The van der Waals surface area contributed by atoms with Gasteiger partial charge in [0.1, 0.15) is 0 Å². The lowest BCUT2D eigenvalue weighted by Gasteiger charge is -2.27. The fraction of sp³-hybridized carbons (Fsp3) is 1.00. The maximum absolute atomic E-state index is 3.36. The standard InChI is InChI=1S/C9H22N2/c1-8(2)11(6)10-7-9(3,4)5/h8,10H,7H2,1-6H3. The molecule has 0 radical (unpaired) electrons. The molecule has 0 rings (SSSR count). The van der Waals surface area contributed by atoms with Crippen molar-refractivity contribution in [3.8, 4) is 0 Å². The lowest BCUT2D eigenvalue weighted by Crippen LogP contribution is -2.43. The van der Waals surface area contributed by atoms with Crippen LogP contribution in [0.2, 0.25) is 0 Å². The summed E-state index contributed by atoms with van der Waals surface area (Å²) in [5.74, 6) is 0. The minimum atomic E-state index is 0.364. The van der Waals surface area contributed by atoms with E-state index in [9.17, 15) is 0 Å². The number of nitrogens with one attached hydrogen (secondary N) is 1. The molecule has 11 heavy (non-hydrogen) atoms. The largest absolute Gasteiger partial charge is 0.255 e. The predicted octanol–water partition coefficient (Wildman–Crippen LogP) is 1.88. The summed E-state index contributed by atoms with van der Waals surface area (Å²) in [6.07, 6.45) is 0. The average Bonchev–Trinajstić information content (AvgIpc) is 1.80. The van der Waals surface area contributed by atoms with Gasteiger partial charge in [0.05, 0.1) is 0 Å². The molecule has 0 bridgehead atoms. The van der Waals surface area contributed by atoms with Gasteiger partial charge >= 0.3 is 0 Å². The van der Waals surface area contributed by atoms with Crippen LogP contribution in [0.1, 0.15) is 34.6 Å². The molecule has 0 saturated heterocycles. The van der Waals surface area contributed by atoms with Gasteiger partial charge in [0.2, 0.25) is 0 Å². The molecular weight excluding hydrogens is 136 g/mol. The van der Waals surface area contributed by atoms with Crippen molar-refractivity contribution in [3.63, 3.8) is 0 Å². The van der Waals surface area contributed by atoms with Crippen LogP contribution in [0.4, 0.5) is 0 Å². The minimum Gasteiger partial charge on any atom is -0.255 e. The van der Waals surface area contributed by atoms with E-state index in [1.807, 2.05) is 0 Å². The van der Waals surface area contributed by atoms with Gasteiger partial charge in [0, 0.05) is 19.6 Å². The summed E-state index contributed by atoms with van der Waals surface area (Å²) in [6, 6.07) is 0.567. The molecule has 0 saturated carbocycles. The Hall–Kier alpha value is -0.0800. The van der Waals surface area contributed by atoms with Crippen molar-refractivity contribution in [2.75, 3.05) is 13.6 Å². The summed E-state index contributed by atoms with van der Waals surface area (Å²) in [5.41, 5.74) is 3.72.